The molecule has 0 aliphatic carbocycles. The number of piperidine rings is 1. The third-order valence-corrected chi connectivity index (χ3v) is 7.72. The maximum absolute atomic E-state index is 13.3. The van der Waals surface area contributed by atoms with Crippen LogP contribution in [-0.4, -0.2) is 41.5 Å². The third kappa shape index (κ3) is 2.25. The quantitative estimate of drug-likeness (QED) is 0.867. The van der Waals surface area contributed by atoms with Crippen LogP contribution in [0.3, 0.4) is 0 Å². The molecule has 1 saturated heterocycles. The summed E-state index contributed by atoms with van der Waals surface area (Å²) in [5, 5.41) is 7.16. The van der Waals surface area contributed by atoms with E-state index < -0.39 is 15.4 Å². The molecule has 1 aromatic carbocycles. The molecule has 7 nitrogen and oxygen atoms in total. The number of carbonyl (C=O) groups excluding carboxylic acids is 1. The highest BCUT2D eigenvalue weighted by molar-refractivity contribution is 7.89. The molecule has 0 radical (unpaired) electrons. The highest BCUT2D eigenvalue weighted by Gasteiger charge is 2.51. The van der Waals surface area contributed by atoms with Crippen molar-refractivity contribution in [3.8, 4) is 0 Å². The van der Waals surface area contributed by atoms with Gasteiger partial charge in [-0.05, 0) is 38.3 Å². The summed E-state index contributed by atoms with van der Waals surface area (Å²) in [5.41, 5.74) is 1.96. The van der Waals surface area contributed by atoms with E-state index in [1.54, 1.807) is 25.6 Å². The minimum atomic E-state index is -3.72. The number of benzene rings is 1. The maximum Gasteiger partial charge on any atom is 0.246 e. The Hall–Kier alpha value is -2.19. The van der Waals surface area contributed by atoms with E-state index in [-0.39, 0.29) is 17.3 Å². The number of aryl methyl sites for hydroxylation is 2. The number of fused-ring (bicyclic) bond motifs is 2. The molecule has 2 aromatic rings. The molecule has 3 heterocycles. The molecule has 2 aliphatic heterocycles. The zero-order valence-corrected chi connectivity index (χ0v) is 15.9. The Balaban J connectivity index is 1.77. The first-order valence-electron chi connectivity index (χ1n) is 8.69. The van der Waals surface area contributed by atoms with E-state index in [0.717, 1.165) is 11.3 Å². The van der Waals surface area contributed by atoms with Gasteiger partial charge in [0.25, 0.3) is 0 Å². The number of hydrogen-bond donors (Lipinski definition) is 1. The number of carbonyl (C=O) groups is 1. The Kier molecular flexibility index (Phi) is 3.75. The second-order valence-electron chi connectivity index (χ2n) is 7.15. The average molecular weight is 374 g/mol. The fourth-order valence-electron chi connectivity index (χ4n) is 4.26. The summed E-state index contributed by atoms with van der Waals surface area (Å²) in [6.07, 6.45) is 1.28. The van der Waals surface area contributed by atoms with Gasteiger partial charge in [-0.15, -0.1) is 0 Å². The molecule has 1 amide bonds. The van der Waals surface area contributed by atoms with Crippen LogP contribution in [0, 0.1) is 13.8 Å². The van der Waals surface area contributed by atoms with Crippen LogP contribution in [-0.2, 0) is 27.3 Å². The molecule has 26 heavy (non-hydrogen) atoms. The number of aromatic nitrogens is 2. The van der Waals surface area contributed by atoms with Gasteiger partial charge in [0.05, 0.1) is 16.8 Å². The van der Waals surface area contributed by atoms with Gasteiger partial charge in [0.2, 0.25) is 15.9 Å². The summed E-state index contributed by atoms with van der Waals surface area (Å²) in [4.78, 5) is 13.1. The van der Waals surface area contributed by atoms with E-state index in [1.165, 1.54) is 4.31 Å². The number of para-hydroxylation sites is 1. The van der Waals surface area contributed by atoms with Gasteiger partial charge in [-0.3, -0.25) is 9.48 Å². The summed E-state index contributed by atoms with van der Waals surface area (Å²) < 4.78 is 29.7. The van der Waals surface area contributed by atoms with Gasteiger partial charge in [-0.2, -0.15) is 9.40 Å². The second kappa shape index (κ2) is 5.65. The minimum Gasteiger partial charge on any atom is -0.325 e. The lowest BCUT2D eigenvalue weighted by atomic mass is 9.76. The molecular weight excluding hydrogens is 352 g/mol. The van der Waals surface area contributed by atoms with Crippen molar-refractivity contribution in [1.29, 1.82) is 0 Å². The van der Waals surface area contributed by atoms with E-state index in [2.05, 4.69) is 10.4 Å². The zero-order valence-electron chi connectivity index (χ0n) is 15.1. The predicted molar refractivity (Wildman–Crippen MR) is 97.4 cm³/mol. The summed E-state index contributed by atoms with van der Waals surface area (Å²) in [6, 6.07) is 7.55. The number of amides is 1. The molecule has 1 unspecified atom stereocenters. The van der Waals surface area contributed by atoms with Crippen molar-refractivity contribution < 1.29 is 13.2 Å². The lowest BCUT2D eigenvalue weighted by Crippen LogP contribution is -2.51. The van der Waals surface area contributed by atoms with Crippen molar-refractivity contribution in [1.82, 2.24) is 14.1 Å². The number of anilines is 1. The Morgan fingerprint density at radius 1 is 1.23 bits per heavy atom. The van der Waals surface area contributed by atoms with Crippen LogP contribution >= 0.6 is 0 Å². The van der Waals surface area contributed by atoms with Gasteiger partial charge in [0, 0.05) is 25.8 Å². The molecule has 0 saturated carbocycles. The van der Waals surface area contributed by atoms with Crippen LogP contribution < -0.4 is 5.32 Å². The first kappa shape index (κ1) is 17.2. The summed E-state index contributed by atoms with van der Waals surface area (Å²) in [6.45, 7) is 4.03. The minimum absolute atomic E-state index is 0.113. The second-order valence-corrected chi connectivity index (χ2v) is 9.02. The van der Waals surface area contributed by atoms with Crippen molar-refractivity contribution in [2.75, 3.05) is 18.4 Å². The van der Waals surface area contributed by atoms with Gasteiger partial charge >= 0.3 is 0 Å². The van der Waals surface area contributed by atoms with Crippen molar-refractivity contribution in [2.45, 2.75) is 37.0 Å². The van der Waals surface area contributed by atoms with Crippen LogP contribution in [0.15, 0.2) is 29.2 Å². The molecule has 1 spiro atoms. The highest BCUT2D eigenvalue weighted by atomic mass is 32.2. The fourth-order valence-corrected chi connectivity index (χ4v) is 6.19. The lowest BCUT2D eigenvalue weighted by Gasteiger charge is -2.38. The smallest absolute Gasteiger partial charge is 0.246 e. The molecule has 1 fully saturated rings. The first-order valence-corrected chi connectivity index (χ1v) is 10.1. The summed E-state index contributed by atoms with van der Waals surface area (Å²) >= 11 is 0. The van der Waals surface area contributed by atoms with Crippen molar-refractivity contribution in [3.05, 3.63) is 41.2 Å². The fraction of sp³-hybridized carbons (Fsp3) is 0.444. The monoisotopic (exact) mass is 374 g/mol. The van der Waals surface area contributed by atoms with E-state index >= 15 is 0 Å². The van der Waals surface area contributed by atoms with E-state index in [4.69, 9.17) is 0 Å². The van der Waals surface area contributed by atoms with E-state index in [0.29, 0.717) is 30.8 Å². The molecule has 2 aliphatic rings. The van der Waals surface area contributed by atoms with Gasteiger partial charge in [0.1, 0.15) is 4.90 Å². The highest BCUT2D eigenvalue weighted by Crippen LogP contribution is 2.44. The molecule has 1 atom stereocenters. The Bertz CT molecular complexity index is 1010. The first-order chi connectivity index (χ1) is 12.3. The zero-order chi connectivity index (χ0) is 18.7. The number of nitrogens with one attached hydrogen (secondary N) is 1. The normalized spacial score (nSPS) is 23.3. The van der Waals surface area contributed by atoms with Crippen LogP contribution in [0.5, 0.6) is 0 Å². The van der Waals surface area contributed by atoms with E-state index in [1.807, 2.05) is 24.3 Å². The molecule has 1 aromatic heterocycles. The van der Waals surface area contributed by atoms with Gasteiger partial charge in [-0.25, -0.2) is 8.42 Å². The maximum atomic E-state index is 13.3. The standard InChI is InChI=1S/C18H22N4O3S/c1-12-16(13(2)21(3)20-12)26(24,25)22-10-6-9-18(11-22)14-7-4-5-8-15(14)19-17(18)23/h4-5,7-8H,6,9-11H2,1-3H3,(H,19,23). The topological polar surface area (TPSA) is 84.3 Å². The van der Waals surface area contributed by atoms with Crippen molar-refractivity contribution >= 4 is 21.6 Å². The largest absolute Gasteiger partial charge is 0.325 e. The van der Waals surface area contributed by atoms with Crippen LogP contribution in [0.25, 0.3) is 0 Å². The summed E-state index contributed by atoms with van der Waals surface area (Å²) in [5.74, 6) is -0.113. The number of sulfonamides is 1. The molecule has 0 bridgehead atoms. The number of hydrogen-bond acceptors (Lipinski definition) is 4. The molecule has 138 valence electrons. The molecule has 4 rings (SSSR count). The van der Waals surface area contributed by atoms with Crippen molar-refractivity contribution in [2.24, 2.45) is 7.05 Å². The van der Waals surface area contributed by atoms with Gasteiger partial charge < -0.3 is 5.32 Å². The Morgan fingerprint density at radius 2 is 1.96 bits per heavy atom. The Morgan fingerprint density at radius 3 is 2.65 bits per heavy atom. The number of rotatable bonds is 2. The molecule has 1 N–H and O–H groups in total. The molecule has 8 heteroatoms. The average Bonchev–Trinajstić information content (AvgIpc) is 3.02. The van der Waals surface area contributed by atoms with Gasteiger partial charge in [-0.1, -0.05) is 18.2 Å². The molecular formula is C18H22N4O3S. The number of nitrogens with zero attached hydrogens (tertiary/aromatic N) is 3. The van der Waals surface area contributed by atoms with Crippen LogP contribution in [0.4, 0.5) is 5.69 Å². The van der Waals surface area contributed by atoms with Crippen LogP contribution in [0.2, 0.25) is 0 Å². The third-order valence-electron chi connectivity index (χ3n) is 5.62. The van der Waals surface area contributed by atoms with Crippen LogP contribution in [0.1, 0.15) is 29.8 Å². The summed E-state index contributed by atoms with van der Waals surface area (Å²) in [7, 11) is -1.99. The van der Waals surface area contributed by atoms with Crippen molar-refractivity contribution in [3.63, 3.8) is 0 Å². The SMILES string of the molecule is Cc1nn(C)c(C)c1S(=O)(=O)N1CCCC2(C1)C(=O)Nc1ccccc12. The van der Waals surface area contributed by atoms with Gasteiger partial charge in [0.15, 0.2) is 0 Å². The Labute approximate surface area is 153 Å². The van der Waals surface area contributed by atoms with E-state index in [9.17, 15) is 13.2 Å². The predicted octanol–water partition coefficient (Wildman–Crippen LogP) is 1.71. The lowest BCUT2D eigenvalue weighted by molar-refractivity contribution is -0.122.